The number of hydrogen-bond donors (Lipinski definition) is 2. The summed E-state index contributed by atoms with van der Waals surface area (Å²) >= 11 is 6.34. The number of piperidine rings is 1. The molecule has 0 spiro atoms. The van der Waals surface area contributed by atoms with Crippen LogP contribution in [0.15, 0.2) is 47.5 Å². The number of alkyl halides is 2. The molecule has 0 saturated carbocycles. The third kappa shape index (κ3) is 7.56. The molecule has 3 aromatic rings. The van der Waals surface area contributed by atoms with Gasteiger partial charge < -0.3 is 20.3 Å². The normalized spacial score (nSPS) is 17.7. The van der Waals surface area contributed by atoms with Gasteiger partial charge >= 0.3 is 5.76 Å². The summed E-state index contributed by atoms with van der Waals surface area (Å²) in [7, 11) is -4.87. The Hall–Kier alpha value is -3.35. The van der Waals surface area contributed by atoms with E-state index < -0.39 is 20.5 Å². The van der Waals surface area contributed by atoms with Gasteiger partial charge in [-0.05, 0) is 88.2 Å². The predicted octanol–water partition coefficient (Wildman–Crippen LogP) is 6.01. The highest BCUT2D eigenvalue weighted by Crippen LogP contribution is 2.36. The molecule has 2 fully saturated rings. The molecule has 5 rings (SSSR count). The molecule has 1 aromatic heterocycles. The third-order valence-corrected chi connectivity index (χ3v) is 9.96. The zero-order valence-electron chi connectivity index (χ0n) is 25.5. The number of rotatable bonds is 10. The van der Waals surface area contributed by atoms with E-state index in [2.05, 4.69) is 39.7 Å². The van der Waals surface area contributed by atoms with Gasteiger partial charge in [0.25, 0.3) is 0 Å². The second-order valence-corrected chi connectivity index (χ2v) is 14.1. The number of benzene rings is 2. The number of halogens is 3. The topological polar surface area (TPSA) is 114 Å². The number of carbonyl (C=O) groups excluding carboxylic acids is 1. The van der Waals surface area contributed by atoms with Crippen molar-refractivity contribution in [3.05, 3.63) is 70.1 Å². The average Bonchev–Trinajstić information content (AvgIpc) is 3.55. The number of carbonyl (C=O) groups is 1. The van der Waals surface area contributed by atoms with Crippen molar-refractivity contribution < 1.29 is 26.7 Å². The molecule has 0 radical (unpaired) electrons. The van der Waals surface area contributed by atoms with Crippen molar-refractivity contribution in [1.82, 2.24) is 20.2 Å². The first-order valence-corrected chi connectivity index (χ1v) is 17.1. The molecule has 1 atom stereocenters. The number of likely N-dealkylation sites (tertiary alicyclic amines) is 1. The fourth-order valence-electron chi connectivity index (χ4n) is 6.02. The molecule has 2 N–H and O–H groups in total. The van der Waals surface area contributed by atoms with Crippen LogP contribution in [-0.4, -0.2) is 66.7 Å². The van der Waals surface area contributed by atoms with Gasteiger partial charge in [-0.15, -0.1) is 0 Å². The fraction of sp³-hybridized carbons (Fsp3) is 0.469. The maximum absolute atomic E-state index is 13.3. The Morgan fingerprint density at radius 3 is 2.58 bits per heavy atom. The Kier molecular flexibility index (Phi) is 10.2. The highest BCUT2D eigenvalue weighted by molar-refractivity contribution is 7.91. The number of nitrogens with one attached hydrogen (secondary N) is 2. The first-order valence-electron chi connectivity index (χ1n) is 15.2. The number of aromatic nitrogens is 2. The number of amides is 1. The maximum atomic E-state index is 13.3. The van der Waals surface area contributed by atoms with Gasteiger partial charge in [-0.25, -0.2) is 18.4 Å². The first-order chi connectivity index (χ1) is 21.4. The first kappa shape index (κ1) is 33.0. The van der Waals surface area contributed by atoms with Gasteiger partial charge in [-0.1, -0.05) is 29.8 Å². The number of ether oxygens (including phenoxy) is 1. The highest BCUT2D eigenvalue weighted by Gasteiger charge is 2.32. The summed E-state index contributed by atoms with van der Waals surface area (Å²) in [5.41, 5.74) is 3.08. The number of anilines is 2. The van der Waals surface area contributed by atoms with Gasteiger partial charge in [0, 0.05) is 25.1 Å². The molecule has 0 bridgehead atoms. The Balaban J connectivity index is 1.37. The summed E-state index contributed by atoms with van der Waals surface area (Å²) in [6.07, 6.45) is 5.27. The molecule has 2 aliphatic rings. The van der Waals surface area contributed by atoms with Crippen LogP contribution >= 0.6 is 11.6 Å². The standard InChI is InChI=1S/C32H38ClF2N5O4S/c1-19(2)44-27-17-23(21-10-13-40(14-11-21)31(41)26-8-6-12-36-26)20(3)15-22(27)16-29-37-18-24(33)30(39-29)38-25-7-4-5-9-28(25)45(42,43)32(34)35/h4-5,7,9,15,17-19,21,26,32,36H,6,8,10-14,16H2,1-3H3,(H,37,38,39)/t26-/m0/s1. The molecule has 0 unspecified atom stereocenters. The minimum absolute atomic E-state index is 0.0557. The van der Waals surface area contributed by atoms with Crippen LogP contribution in [0.5, 0.6) is 5.75 Å². The van der Waals surface area contributed by atoms with Crippen LogP contribution in [-0.2, 0) is 21.1 Å². The van der Waals surface area contributed by atoms with E-state index in [1.54, 1.807) is 0 Å². The van der Waals surface area contributed by atoms with Gasteiger partial charge in [-0.3, -0.25) is 4.79 Å². The van der Waals surface area contributed by atoms with Crippen molar-refractivity contribution in [1.29, 1.82) is 0 Å². The number of sulfone groups is 1. The molecular weight excluding hydrogens is 624 g/mol. The van der Waals surface area contributed by atoms with E-state index >= 15 is 0 Å². The van der Waals surface area contributed by atoms with Crippen molar-refractivity contribution in [2.75, 3.05) is 25.0 Å². The molecule has 2 saturated heterocycles. The highest BCUT2D eigenvalue weighted by atomic mass is 35.5. The molecule has 2 aliphatic heterocycles. The molecule has 9 nitrogen and oxygen atoms in total. The lowest BCUT2D eigenvalue weighted by molar-refractivity contribution is -0.134. The van der Waals surface area contributed by atoms with Gasteiger partial charge in [0.05, 0.1) is 28.9 Å². The van der Waals surface area contributed by atoms with Crippen LogP contribution in [0.3, 0.4) is 0 Å². The summed E-state index contributed by atoms with van der Waals surface area (Å²) in [6, 6.07) is 9.47. The molecule has 0 aliphatic carbocycles. The molecular formula is C32H38ClF2N5O4S. The summed E-state index contributed by atoms with van der Waals surface area (Å²) in [5.74, 6) is -1.90. The van der Waals surface area contributed by atoms with Crippen LogP contribution in [0.2, 0.25) is 5.02 Å². The van der Waals surface area contributed by atoms with E-state index in [9.17, 15) is 22.0 Å². The van der Waals surface area contributed by atoms with E-state index in [0.717, 1.165) is 62.5 Å². The minimum Gasteiger partial charge on any atom is -0.491 e. The van der Waals surface area contributed by atoms with Crippen molar-refractivity contribution in [2.24, 2.45) is 0 Å². The van der Waals surface area contributed by atoms with Crippen LogP contribution in [0.1, 0.15) is 68.0 Å². The van der Waals surface area contributed by atoms with Crippen LogP contribution in [0.25, 0.3) is 0 Å². The van der Waals surface area contributed by atoms with Gasteiger partial charge in [0.1, 0.15) is 16.6 Å². The summed E-state index contributed by atoms with van der Waals surface area (Å²) in [5, 5.41) is 6.22. The fourth-order valence-corrected chi connectivity index (χ4v) is 7.04. The molecule has 242 valence electrons. The van der Waals surface area contributed by atoms with Crippen molar-refractivity contribution in [3.63, 3.8) is 0 Å². The second kappa shape index (κ2) is 14.0. The van der Waals surface area contributed by atoms with E-state index in [1.165, 1.54) is 30.0 Å². The largest absolute Gasteiger partial charge is 0.491 e. The Morgan fingerprint density at radius 1 is 1.18 bits per heavy atom. The van der Waals surface area contributed by atoms with Crippen molar-refractivity contribution in [2.45, 2.75) is 81.6 Å². The minimum atomic E-state index is -4.87. The summed E-state index contributed by atoms with van der Waals surface area (Å²) < 4.78 is 57.4. The van der Waals surface area contributed by atoms with Gasteiger partial charge in [-0.2, -0.15) is 8.78 Å². The van der Waals surface area contributed by atoms with Crippen molar-refractivity contribution >= 4 is 38.9 Å². The Bertz CT molecular complexity index is 1640. The zero-order valence-corrected chi connectivity index (χ0v) is 27.1. The number of nitrogens with zero attached hydrogens (tertiary/aromatic N) is 3. The maximum Gasteiger partial charge on any atom is 0.341 e. The second-order valence-electron chi connectivity index (χ2n) is 11.8. The number of hydrogen-bond acceptors (Lipinski definition) is 8. The molecule has 2 aromatic carbocycles. The number of para-hydroxylation sites is 1. The van der Waals surface area contributed by atoms with Crippen LogP contribution in [0.4, 0.5) is 20.3 Å². The molecule has 13 heteroatoms. The Morgan fingerprint density at radius 2 is 1.91 bits per heavy atom. The van der Waals surface area contributed by atoms with Crippen LogP contribution < -0.4 is 15.4 Å². The lowest BCUT2D eigenvalue weighted by Gasteiger charge is -2.34. The quantitative estimate of drug-likeness (QED) is 0.272. The SMILES string of the molecule is Cc1cc(Cc2ncc(Cl)c(Nc3ccccc3S(=O)(=O)C(F)F)n2)c(OC(C)C)cc1C1CCN(C(=O)[C@@H]2CCCN2)CC1. The lowest BCUT2D eigenvalue weighted by atomic mass is 9.85. The van der Waals surface area contributed by atoms with Gasteiger partial charge in [0.15, 0.2) is 5.82 Å². The van der Waals surface area contributed by atoms with E-state index in [4.69, 9.17) is 16.3 Å². The van der Waals surface area contributed by atoms with E-state index in [1.807, 2.05) is 18.7 Å². The smallest absolute Gasteiger partial charge is 0.341 e. The lowest BCUT2D eigenvalue weighted by Crippen LogP contribution is -2.46. The summed E-state index contributed by atoms with van der Waals surface area (Å²) in [6.45, 7) is 8.31. The molecule has 1 amide bonds. The van der Waals surface area contributed by atoms with E-state index in [-0.39, 0.29) is 41.0 Å². The predicted molar refractivity (Wildman–Crippen MR) is 169 cm³/mol. The van der Waals surface area contributed by atoms with Gasteiger partial charge in [0.2, 0.25) is 15.7 Å². The Labute approximate surface area is 267 Å². The average molecular weight is 662 g/mol. The molecule has 45 heavy (non-hydrogen) atoms. The van der Waals surface area contributed by atoms with E-state index in [0.29, 0.717) is 17.5 Å². The number of aryl methyl sites for hydroxylation is 1. The monoisotopic (exact) mass is 661 g/mol. The summed E-state index contributed by atoms with van der Waals surface area (Å²) in [4.78, 5) is 23.2. The van der Waals surface area contributed by atoms with Crippen molar-refractivity contribution in [3.8, 4) is 5.75 Å². The zero-order chi connectivity index (χ0) is 32.3. The third-order valence-electron chi connectivity index (χ3n) is 8.24. The van der Waals surface area contributed by atoms with Crippen LogP contribution in [0, 0.1) is 6.92 Å². The molecule has 3 heterocycles.